The van der Waals surface area contributed by atoms with Crippen molar-refractivity contribution in [1.29, 1.82) is 0 Å². The number of carbonyl (C=O) groups excluding carboxylic acids is 2. The quantitative estimate of drug-likeness (QED) is 0.520. The van der Waals surface area contributed by atoms with Crippen LogP contribution in [0.15, 0.2) is 12.3 Å². The molecular formula is C19H28N4O7. The Morgan fingerprint density at radius 3 is 2.63 bits per heavy atom. The number of nitrogens with one attached hydrogen (secondary N) is 1. The zero-order valence-corrected chi connectivity index (χ0v) is 17.7. The van der Waals surface area contributed by atoms with Gasteiger partial charge in [-0.3, -0.25) is 14.9 Å². The number of ether oxygens (including phenoxy) is 3. The van der Waals surface area contributed by atoms with Crippen LogP contribution in [0, 0.1) is 10.1 Å². The Bertz CT molecular complexity index is 773. The third-order valence-corrected chi connectivity index (χ3v) is 4.13. The topological polar surface area (TPSA) is 133 Å². The van der Waals surface area contributed by atoms with E-state index in [0.29, 0.717) is 32.7 Å². The Morgan fingerprint density at radius 1 is 1.37 bits per heavy atom. The van der Waals surface area contributed by atoms with Crippen molar-refractivity contribution in [2.24, 2.45) is 0 Å². The molecule has 0 aromatic carbocycles. The van der Waals surface area contributed by atoms with Crippen LogP contribution in [0.2, 0.25) is 0 Å². The van der Waals surface area contributed by atoms with Crippen LogP contribution in [0.25, 0.3) is 0 Å². The third kappa shape index (κ3) is 7.14. The second-order valence-electron chi connectivity index (χ2n) is 7.88. The molecule has 1 aromatic rings. The number of pyridine rings is 1. The van der Waals surface area contributed by atoms with Crippen LogP contribution in [-0.2, 0) is 9.47 Å². The van der Waals surface area contributed by atoms with Crippen molar-refractivity contribution in [2.75, 3.05) is 32.9 Å². The Balaban J connectivity index is 1.98. The zero-order chi connectivity index (χ0) is 22.3. The molecule has 1 aliphatic heterocycles. The minimum Gasteiger partial charge on any atom is -0.487 e. The summed E-state index contributed by atoms with van der Waals surface area (Å²) in [4.78, 5) is 40.5. The highest BCUT2D eigenvalue weighted by atomic mass is 16.6. The van der Waals surface area contributed by atoms with E-state index >= 15 is 0 Å². The molecule has 1 aliphatic rings. The van der Waals surface area contributed by atoms with Crippen LogP contribution < -0.4 is 10.1 Å². The Hall–Kier alpha value is -2.95. The first-order valence-electron chi connectivity index (χ1n) is 9.70. The molecule has 0 bridgehead atoms. The van der Waals surface area contributed by atoms with E-state index in [1.807, 2.05) is 0 Å². The molecule has 1 aromatic heterocycles. The predicted molar refractivity (Wildman–Crippen MR) is 107 cm³/mol. The summed E-state index contributed by atoms with van der Waals surface area (Å²) in [6.45, 7) is 8.88. The lowest BCUT2D eigenvalue weighted by Gasteiger charge is -2.26. The van der Waals surface area contributed by atoms with Gasteiger partial charge in [-0.05, 0) is 27.7 Å². The maximum Gasteiger partial charge on any atom is 0.407 e. The van der Waals surface area contributed by atoms with Crippen molar-refractivity contribution in [3.05, 3.63) is 28.1 Å². The van der Waals surface area contributed by atoms with Crippen molar-refractivity contribution >= 4 is 17.7 Å². The van der Waals surface area contributed by atoms with Gasteiger partial charge in [-0.2, -0.15) is 0 Å². The minimum absolute atomic E-state index is 0.0453. The Labute approximate surface area is 174 Å². The molecule has 1 N–H and O–H groups in total. The van der Waals surface area contributed by atoms with Crippen LogP contribution in [-0.4, -0.2) is 71.4 Å². The normalized spacial score (nSPS) is 15.3. The summed E-state index contributed by atoms with van der Waals surface area (Å²) in [6, 6.07) is 0.997. The van der Waals surface area contributed by atoms with Gasteiger partial charge in [0.25, 0.3) is 5.91 Å². The molecule has 2 rings (SSSR count). The van der Waals surface area contributed by atoms with Gasteiger partial charge in [0, 0.05) is 31.6 Å². The van der Waals surface area contributed by atoms with E-state index in [0.717, 1.165) is 6.20 Å². The molecule has 0 radical (unpaired) electrons. The second kappa shape index (κ2) is 10.2. The molecule has 0 saturated carbocycles. The lowest BCUT2D eigenvalue weighted by molar-refractivity contribution is -0.386. The monoisotopic (exact) mass is 424 g/mol. The molecule has 1 saturated heterocycles. The number of nitrogens with zero attached hydrogens (tertiary/aromatic N) is 3. The summed E-state index contributed by atoms with van der Waals surface area (Å²) in [5.41, 5.74) is -0.875. The SMILES string of the molecule is CC(CCOc1cc(C(=O)N2CCOCC2)ncc1[N+](=O)[O-])NC(=O)OC(C)(C)C. The zero-order valence-electron chi connectivity index (χ0n) is 17.7. The van der Waals surface area contributed by atoms with E-state index in [1.165, 1.54) is 6.07 Å². The summed E-state index contributed by atoms with van der Waals surface area (Å²) >= 11 is 0. The van der Waals surface area contributed by atoms with Crippen molar-refractivity contribution in [3.63, 3.8) is 0 Å². The molecule has 11 nitrogen and oxygen atoms in total. The van der Waals surface area contributed by atoms with Crippen LogP contribution in [0.5, 0.6) is 5.75 Å². The van der Waals surface area contributed by atoms with E-state index in [-0.39, 0.29) is 35.7 Å². The Morgan fingerprint density at radius 2 is 2.03 bits per heavy atom. The van der Waals surface area contributed by atoms with Gasteiger partial charge in [0.15, 0.2) is 0 Å². The highest BCUT2D eigenvalue weighted by Gasteiger charge is 2.24. The number of nitro groups is 1. The first-order valence-corrected chi connectivity index (χ1v) is 9.70. The summed E-state index contributed by atoms with van der Waals surface area (Å²) in [5.74, 6) is -0.380. The standard InChI is InChI=1S/C19H28N4O7/c1-13(21-18(25)30-19(2,3)4)5-8-29-16-11-14(20-12-15(16)23(26)27)17(24)22-6-9-28-10-7-22/h11-13H,5-10H2,1-4H3,(H,21,25). The van der Waals surface area contributed by atoms with Crippen LogP contribution >= 0.6 is 0 Å². The molecule has 2 heterocycles. The molecule has 1 unspecified atom stereocenters. The lowest BCUT2D eigenvalue weighted by Crippen LogP contribution is -2.41. The molecule has 2 amide bonds. The van der Waals surface area contributed by atoms with Crippen molar-refractivity contribution in [3.8, 4) is 5.75 Å². The third-order valence-electron chi connectivity index (χ3n) is 4.13. The number of rotatable bonds is 7. The molecular weight excluding hydrogens is 396 g/mol. The molecule has 1 atom stereocenters. The molecule has 30 heavy (non-hydrogen) atoms. The van der Waals surface area contributed by atoms with E-state index in [1.54, 1.807) is 32.6 Å². The van der Waals surface area contributed by atoms with Gasteiger partial charge in [0.2, 0.25) is 5.75 Å². The van der Waals surface area contributed by atoms with Crippen LogP contribution in [0.3, 0.4) is 0 Å². The summed E-state index contributed by atoms with van der Waals surface area (Å²) < 4.78 is 16.0. The number of hydrogen-bond donors (Lipinski definition) is 1. The molecule has 166 valence electrons. The predicted octanol–water partition coefficient (Wildman–Crippen LogP) is 2.14. The second-order valence-corrected chi connectivity index (χ2v) is 7.88. The number of carbonyl (C=O) groups is 2. The van der Waals surface area contributed by atoms with Crippen molar-refractivity contribution < 1.29 is 28.7 Å². The number of amides is 2. The fourth-order valence-electron chi connectivity index (χ4n) is 2.65. The molecule has 0 spiro atoms. The smallest absolute Gasteiger partial charge is 0.407 e. The molecule has 0 aliphatic carbocycles. The summed E-state index contributed by atoms with van der Waals surface area (Å²) in [6.07, 6.45) is 0.847. The highest BCUT2D eigenvalue weighted by molar-refractivity contribution is 5.93. The largest absolute Gasteiger partial charge is 0.487 e. The van der Waals surface area contributed by atoms with Gasteiger partial charge < -0.3 is 24.4 Å². The van der Waals surface area contributed by atoms with Gasteiger partial charge in [0.05, 0.1) is 24.7 Å². The Kier molecular flexibility index (Phi) is 7.93. The van der Waals surface area contributed by atoms with Gasteiger partial charge in [0.1, 0.15) is 17.5 Å². The van der Waals surface area contributed by atoms with Crippen molar-refractivity contribution in [1.82, 2.24) is 15.2 Å². The molecule has 11 heteroatoms. The van der Waals surface area contributed by atoms with Crippen LogP contribution in [0.4, 0.5) is 10.5 Å². The highest BCUT2D eigenvalue weighted by Crippen LogP contribution is 2.27. The van der Waals surface area contributed by atoms with E-state index in [4.69, 9.17) is 14.2 Å². The lowest BCUT2D eigenvalue weighted by atomic mass is 10.2. The number of alkyl carbamates (subject to hydrolysis) is 1. The molecule has 1 fully saturated rings. The first kappa shape index (κ1) is 23.3. The van der Waals surface area contributed by atoms with Gasteiger partial charge in [-0.15, -0.1) is 0 Å². The van der Waals surface area contributed by atoms with E-state index in [2.05, 4.69) is 10.3 Å². The number of hydrogen-bond acceptors (Lipinski definition) is 8. The maximum absolute atomic E-state index is 12.6. The maximum atomic E-state index is 12.6. The summed E-state index contributed by atoms with van der Waals surface area (Å²) in [5, 5.41) is 14.0. The fraction of sp³-hybridized carbons (Fsp3) is 0.632. The van der Waals surface area contributed by atoms with Gasteiger partial charge >= 0.3 is 11.8 Å². The number of morpholine rings is 1. The van der Waals surface area contributed by atoms with Gasteiger partial charge in [-0.1, -0.05) is 0 Å². The van der Waals surface area contributed by atoms with E-state index in [9.17, 15) is 19.7 Å². The first-order chi connectivity index (χ1) is 14.1. The minimum atomic E-state index is -0.617. The van der Waals surface area contributed by atoms with Gasteiger partial charge in [-0.25, -0.2) is 9.78 Å². The van der Waals surface area contributed by atoms with Crippen molar-refractivity contribution in [2.45, 2.75) is 45.8 Å². The average molecular weight is 424 g/mol. The number of aromatic nitrogens is 1. The fourth-order valence-corrected chi connectivity index (χ4v) is 2.65. The average Bonchev–Trinajstić information content (AvgIpc) is 2.66. The van der Waals surface area contributed by atoms with E-state index < -0.39 is 16.6 Å². The summed E-state index contributed by atoms with van der Waals surface area (Å²) in [7, 11) is 0. The van der Waals surface area contributed by atoms with Crippen LogP contribution in [0.1, 0.15) is 44.6 Å².